The van der Waals surface area contributed by atoms with Gasteiger partial charge in [-0.2, -0.15) is 8.78 Å². The molecule has 0 saturated heterocycles. The number of ether oxygens (including phenoxy) is 3. The average molecular weight is 463 g/mol. The second-order valence-electron chi connectivity index (χ2n) is 10.2. The number of fused-ring (bicyclic) bond motifs is 9. The van der Waals surface area contributed by atoms with Gasteiger partial charge in [-0.3, -0.25) is 0 Å². The summed E-state index contributed by atoms with van der Waals surface area (Å²) in [6.45, 7) is 0.367. The molecule has 0 aliphatic heterocycles. The Kier molecular flexibility index (Phi) is 5.14. The van der Waals surface area contributed by atoms with Gasteiger partial charge in [0.2, 0.25) is 0 Å². The van der Waals surface area contributed by atoms with E-state index >= 15 is 0 Å². The maximum atomic E-state index is 13.0. The third-order valence-corrected chi connectivity index (χ3v) is 8.36. The van der Waals surface area contributed by atoms with E-state index in [1.165, 1.54) is 43.5 Å². The lowest BCUT2D eigenvalue weighted by molar-refractivity contribution is -0.331. The van der Waals surface area contributed by atoms with Gasteiger partial charge in [0.15, 0.2) is 6.61 Å². The maximum absolute atomic E-state index is 13.0. The molecule has 0 aromatic heterocycles. The van der Waals surface area contributed by atoms with Gasteiger partial charge in [0.1, 0.15) is 17.3 Å². The summed E-state index contributed by atoms with van der Waals surface area (Å²) in [5, 5.41) is 10.3. The summed E-state index contributed by atoms with van der Waals surface area (Å²) in [4.78, 5) is 34.6. The Balaban J connectivity index is 1.16. The van der Waals surface area contributed by atoms with Crippen molar-refractivity contribution in [1.82, 2.24) is 0 Å². The third kappa shape index (κ3) is 3.75. The highest BCUT2D eigenvalue weighted by atomic mass is 19.3. The number of alkyl halides is 2. The van der Waals surface area contributed by atoms with Crippen molar-refractivity contribution in [2.24, 2.45) is 35.5 Å². The summed E-state index contributed by atoms with van der Waals surface area (Å²) in [7, 11) is 0. The molecule has 0 spiro atoms. The number of halogens is 2. The lowest BCUT2D eigenvalue weighted by Crippen LogP contribution is -2.46. The second kappa shape index (κ2) is 7.67. The topological polar surface area (TPSA) is 102 Å². The standard InChI is InChI=1S/C24H26F2O7/c1-23(10-15-9-17(23)19-14-3-2-13(8-14)18(15)19)33-22(30)32-16-6-4-12(5-7-16)20(27)31-11-24(25,26)21(28)29/h4-7,13-15,17-19H,2-3,8-11H2,1H3,(H,28,29)/p-1. The molecule has 4 fully saturated rings. The Morgan fingerprint density at radius 2 is 1.73 bits per heavy atom. The Bertz CT molecular complexity index is 978. The largest absolute Gasteiger partial charge is 0.544 e. The van der Waals surface area contributed by atoms with Gasteiger partial charge >= 0.3 is 18.0 Å². The number of carbonyl (C=O) groups excluding carboxylic acids is 3. The van der Waals surface area contributed by atoms with Gasteiger partial charge < -0.3 is 24.1 Å². The zero-order chi connectivity index (χ0) is 23.5. The fourth-order valence-electron chi connectivity index (χ4n) is 7.25. The van der Waals surface area contributed by atoms with Crippen LogP contribution < -0.4 is 9.84 Å². The van der Waals surface area contributed by atoms with E-state index in [-0.39, 0.29) is 11.3 Å². The lowest BCUT2D eigenvalue weighted by Gasteiger charge is -2.43. The average Bonchev–Trinajstić information content (AvgIpc) is 3.51. The molecule has 9 heteroatoms. The number of rotatable bonds is 6. The van der Waals surface area contributed by atoms with E-state index in [1.54, 1.807) is 0 Å². The van der Waals surface area contributed by atoms with Crippen molar-refractivity contribution in [2.45, 2.75) is 50.6 Å². The predicted octanol–water partition coefficient (Wildman–Crippen LogP) is 3.20. The van der Waals surface area contributed by atoms with E-state index in [0.29, 0.717) is 17.8 Å². The molecule has 0 radical (unpaired) electrons. The van der Waals surface area contributed by atoms with E-state index in [0.717, 1.165) is 30.6 Å². The van der Waals surface area contributed by atoms with Crippen LogP contribution in [0.25, 0.3) is 0 Å². The van der Waals surface area contributed by atoms with Gasteiger partial charge in [-0.25, -0.2) is 9.59 Å². The molecule has 4 aliphatic carbocycles. The van der Waals surface area contributed by atoms with E-state index in [9.17, 15) is 28.3 Å². The van der Waals surface area contributed by atoms with Crippen molar-refractivity contribution in [2.75, 3.05) is 6.61 Å². The summed E-state index contributed by atoms with van der Waals surface area (Å²) in [6, 6.07) is 5.07. The van der Waals surface area contributed by atoms with Crippen LogP contribution in [0.4, 0.5) is 13.6 Å². The van der Waals surface area contributed by atoms with Crippen LogP contribution in [0.1, 0.15) is 49.4 Å². The lowest BCUT2D eigenvalue weighted by atomic mass is 9.66. The normalized spacial score (nSPS) is 35.8. The van der Waals surface area contributed by atoms with Crippen molar-refractivity contribution in [3.63, 3.8) is 0 Å². The minimum absolute atomic E-state index is 0.104. The van der Waals surface area contributed by atoms with Crippen LogP contribution >= 0.6 is 0 Å². The third-order valence-electron chi connectivity index (χ3n) is 8.36. The highest BCUT2D eigenvalue weighted by Crippen LogP contribution is 2.70. The first-order chi connectivity index (χ1) is 15.6. The molecule has 178 valence electrons. The molecule has 1 aromatic carbocycles. The van der Waals surface area contributed by atoms with E-state index in [1.807, 2.05) is 6.92 Å². The van der Waals surface area contributed by atoms with Gasteiger partial charge in [0, 0.05) is 5.92 Å². The second-order valence-corrected chi connectivity index (χ2v) is 10.2. The zero-order valence-corrected chi connectivity index (χ0v) is 18.1. The number of hydrogen-bond donors (Lipinski definition) is 0. The molecule has 7 nitrogen and oxygen atoms in total. The number of benzene rings is 1. The molecule has 33 heavy (non-hydrogen) atoms. The van der Waals surface area contributed by atoms with Gasteiger partial charge in [0.05, 0.1) is 5.56 Å². The van der Waals surface area contributed by atoms with E-state index in [2.05, 4.69) is 4.74 Å². The summed E-state index contributed by atoms with van der Waals surface area (Å²) < 4.78 is 41.4. The summed E-state index contributed by atoms with van der Waals surface area (Å²) in [5.41, 5.74) is -0.645. The first kappa shape index (κ1) is 22.1. The first-order valence-corrected chi connectivity index (χ1v) is 11.3. The van der Waals surface area contributed by atoms with Crippen LogP contribution in [0.2, 0.25) is 0 Å². The molecule has 4 saturated carbocycles. The zero-order valence-electron chi connectivity index (χ0n) is 18.1. The first-order valence-electron chi connectivity index (χ1n) is 11.3. The van der Waals surface area contributed by atoms with Gasteiger partial charge in [0.25, 0.3) is 0 Å². The van der Waals surface area contributed by atoms with Crippen molar-refractivity contribution >= 4 is 18.1 Å². The smallest absolute Gasteiger partial charge is 0.514 e. The maximum Gasteiger partial charge on any atom is 0.514 e. The Morgan fingerprint density at radius 3 is 2.39 bits per heavy atom. The monoisotopic (exact) mass is 463 g/mol. The van der Waals surface area contributed by atoms with E-state index in [4.69, 9.17) is 9.47 Å². The number of esters is 1. The molecule has 4 aliphatic rings. The van der Waals surface area contributed by atoms with Gasteiger partial charge in [-0.1, -0.05) is 0 Å². The summed E-state index contributed by atoms with van der Waals surface area (Å²) in [5.74, 6) is -3.89. The molecule has 5 rings (SSSR count). The van der Waals surface area contributed by atoms with Gasteiger partial charge in [-0.15, -0.1) is 0 Å². The molecule has 4 bridgehead atoms. The Hall–Kier alpha value is -2.71. The highest BCUT2D eigenvalue weighted by molar-refractivity contribution is 5.90. The number of carbonyl (C=O) groups is 3. The Morgan fingerprint density at radius 1 is 1.06 bits per heavy atom. The fourth-order valence-corrected chi connectivity index (χ4v) is 7.25. The molecule has 0 amide bonds. The molecule has 0 heterocycles. The number of aliphatic carboxylic acids is 1. The van der Waals surface area contributed by atoms with Crippen molar-refractivity contribution in [1.29, 1.82) is 0 Å². The van der Waals surface area contributed by atoms with Crippen LogP contribution in [-0.4, -0.2) is 36.2 Å². The number of carboxylic acids is 1. The SMILES string of the molecule is CC1(OC(=O)Oc2ccc(C(=O)OCC(F)(F)C(=O)[O-])cc2)CC2CC1C1C3CCC(C3)C21. The minimum atomic E-state index is -4.28. The number of carboxylic acid groups (broad SMARTS) is 1. The highest BCUT2D eigenvalue weighted by Gasteiger charge is 2.67. The summed E-state index contributed by atoms with van der Waals surface area (Å²) >= 11 is 0. The molecule has 0 N–H and O–H groups in total. The van der Waals surface area contributed by atoms with Crippen LogP contribution in [0.15, 0.2) is 24.3 Å². The minimum Gasteiger partial charge on any atom is -0.544 e. The van der Waals surface area contributed by atoms with Crippen LogP contribution in [0.5, 0.6) is 5.75 Å². The molecule has 7 atom stereocenters. The van der Waals surface area contributed by atoms with E-state index < -0.39 is 36.2 Å². The molecular formula is C24H25F2O7-. The van der Waals surface area contributed by atoms with Crippen molar-refractivity contribution in [3.8, 4) is 5.75 Å². The molecule has 7 unspecified atom stereocenters. The van der Waals surface area contributed by atoms with Crippen LogP contribution in [0, 0.1) is 35.5 Å². The molecule has 1 aromatic rings. The Labute approximate surface area is 189 Å². The van der Waals surface area contributed by atoms with Gasteiger partial charge in [-0.05, 0) is 92.9 Å². The van der Waals surface area contributed by atoms with Crippen molar-refractivity contribution < 1.29 is 42.5 Å². The number of hydrogen-bond acceptors (Lipinski definition) is 7. The quantitative estimate of drug-likeness (QED) is 0.363. The summed E-state index contributed by atoms with van der Waals surface area (Å²) in [6.07, 6.45) is 5.11. The predicted molar refractivity (Wildman–Crippen MR) is 106 cm³/mol. The molecular weight excluding hydrogens is 438 g/mol. The van der Waals surface area contributed by atoms with Crippen molar-refractivity contribution in [3.05, 3.63) is 29.8 Å². The van der Waals surface area contributed by atoms with Crippen LogP contribution in [0.3, 0.4) is 0 Å². The fraction of sp³-hybridized carbons (Fsp3) is 0.625. The van der Waals surface area contributed by atoms with Crippen LogP contribution in [-0.2, 0) is 14.3 Å².